The molecule has 2 aromatic heterocycles. The second kappa shape index (κ2) is 5.24. The number of fused-ring (bicyclic) bond motifs is 2. The Morgan fingerprint density at radius 1 is 1.17 bits per heavy atom. The third kappa shape index (κ3) is 2.24. The largest absolute Gasteiger partial charge is 0.352 e. The van der Waals surface area contributed by atoms with Crippen LogP contribution in [0.15, 0.2) is 42.5 Å². The van der Waals surface area contributed by atoms with Gasteiger partial charge in [0.2, 0.25) is 0 Å². The lowest BCUT2D eigenvalue weighted by molar-refractivity contribution is 0.0956. The van der Waals surface area contributed by atoms with E-state index >= 15 is 0 Å². The van der Waals surface area contributed by atoms with E-state index in [0.29, 0.717) is 17.9 Å². The number of hydrogen-bond donors (Lipinski definition) is 3. The van der Waals surface area contributed by atoms with Crippen molar-refractivity contribution in [3.63, 3.8) is 0 Å². The van der Waals surface area contributed by atoms with Gasteiger partial charge >= 0.3 is 0 Å². The van der Waals surface area contributed by atoms with E-state index < -0.39 is 0 Å². The Morgan fingerprint density at radius 3 is 2.91 bits per heavy atom. The number of carbonyl (C=O) groups excluding carboxylic acids is 1. The minimum atomic E-state index is -0.0934. The topological polar surface area (TPSA) is 86.5 Å². The van der Waals surface area contributed by atoms with Gasteiger partial charge in [0.1, 0.15) is 5.69 Å². The number of hydrogen-bond acceptors (Lipinski definition) is 3. The first-order valence-electron chi connectivity index (χ1n) is 7.47. The number of carbonyl (C=O) groups is 1. The van der Waals surface area contributed by atoms with Crippen LogP contribution >= 0.6 is 0 Å². The molecule has 0 unspecified atom stereocenters. The molecule has 0 radical (unpaired) electrons. The zero-order chi connectivity index (χ0) is 15.8. The zero-order valence-electron chi connectivity index (χ0n) is 12.6. The average molecular weight is 305 g/mol. The summed E-state index contributed by atoms with van der Waals surface area (Å²) in [6, 6.07) is 13.3. The van der Waals surface area contributed by atoms with Gasteiger partial charge in [0.05, 0.1) is 16.6 Å². The molecule has 6 nitrogen and oxygen atoms in total. The van der Waals surface area contributed by atoms with E-state index in [2.05, 4.69) is 25.5 Å². The summed E-state index contributed by atoms with van der Waals surface area (Å²) in [4.78, 5) is 19.8. The first-order chi connectivity index (χ1) is 11.3. The maximum absolute atomic E-state index is 11.9. The molecule has 0 fully saturated rings. The maximum Gasteiger partial charge on any atom is 0.251 e. The van der Waals surface area contributed by atoms with Gasteiger partial charge in [0, 0.05) is 17.5 Å². The first kappa shape index (κ1) is 13.5. The monoisotopic (exact) mass is 305 g/mol. The number of rotatable bonds is 3. The van der Waals surface area contributed by atoms with Crippen molar-refractivity contribution in [1.29, 1.82) is 0 Å². The highest BCUT2D eigenvalue weighted by Gasteiger charge is 2.13. The van der Waals surface area contributed by atoms with E-state index in [0.717, 1.165) is 27.6 Å². The molecule has 0 saturated heterocycles. The Hall–Kier alpha value is -3.15. The molecule has 114 valence electrons. The maximum atomic E-state index is 11.9. The van der Waals surface area contributed by atoms with E-state index in [-0.39, 0.29) is 5.91 Å². The lowest BCUT2D eigenvalue weighted by Gasteiger charge is -2.00. The van der Waals surface area contributed by atoms with Crippen LogP contribution in [-0.4, -0.2) is 32.6 Å². The normalized spacial score (nSPS) is 11.2. The van der Waals surface area contributed by atoms with E-state index in [1.807, 2.05) is 37.3 Å². The van der Waals surface area contributed by atoms with Crippen molar-refractivity contribution in [2.75, 3.05) is 6.54 Å². The fourth-order valence-corrected chi connectivity index (χ4v) is 2.67. The summed E-state index contributed by atoms with van der Waals surface area (Å²) in [5, 5.41) is 11.2. The number of nitrogens with zero attached hydrogens (tertiary/aromatic N) is 2. The predicted octanol–water partition coefficient (Wildman–Crippen LogP) is 2.86. The van der Waals surface area contributed by atoms with Gasteiger partial charge in [-0.15, -0.1) is 0 Å². The van der Waals surface area contributed by atoms with Crippen LogP contribution in [0.4, 0.5) is 0 Å². The molecular formula is C17H15N5O. The van der Waals surface area contributed by atoms with Crippen LogP contribution < -0.4 is 5.32 Å². The van der Waals surface area contributed by atoms with Crippen LogP contribution in [0.3, 0.4) is 0 Å². The summed E-state index contributed by atoms with van der Waals surface area (Å²) >= 11 is 0. The van der Waals surface area contributed by atoms with Crippen molar-refractivity contribution < 1.29 is 4.79 Å². The summed E-state index contributed by atoms with van der Waals surface area (Å²) in [6.07, 6.45) is 0. The number of aromatic amines is 2. The SMILES string of the molecule is CCNC(=O)c1ccc2[nH]c(-c3n[nH]c4ccccc34)nc2c1. The van der Waals surface area contributed by atoms with Gasteiger partial charge in [-0.1, -0.05) is 18.2 Å². The molecule has 2 heterocycles. The highest BCUT2D eigenvalue weighted by Crippen LogP contribution is 2.26. The molecule has 23 heavy (non-hydrogen) atoms. The molecular weight excluding hydrogens is 290 g/mol. The van der Waals surface area contributed by atoms with Crippen LogP contribution in [0.5, 0.6) is 0 Å². The Bertz CT molecular complexity index is 1010. The molecule has 3 N–H and O–H groups in total. The molecule has 4 aromatic rings. The number of para-hydroxylation sites is 1. The molecule has 0 aliphatic rings. The van der Waals surface area contributed by atoms with E-state index in [1.54, 1.807) is 12.1 Å². The predicted molar refractivity (Wildman–Crippen MR) is 89.2 cm³/mol. The third-order valence-corrected chi connectivity index (χ3v) is 3.78. The van der Waals surface area contributed by atoms with Crippen LogP contribution in [0.1, 0.15) is 17.3 Å². The van der Waals surface area contributed by atoms with Gasteiger partial charge in [-0.05, 0) is 31.2 Å². The van der Waals surface area contributed by atoms with Crippen LogP contribution in [0.2, 0.25) is 0 Å². The highest BCUT2D eigenvalue weighted by molar-refractivity contribution is 5.98. The summed E-state index contributed by atoms with van der Waals surface area (Å²) < 4.78 is 0. The fraction of sp³-hybridized carbons (Fsp3) is 0.118. The van der Waals surface area contributed by atoms with Gasteiger partial charge in [0.25, 0.3) is 5.91 Å². The Balaban J connectivity index is 1.81. The summed E-state index contributed by atoms with van der Waals surface area (Å²) in [6.45, 7) is 2.49. The molecule has 6 heteroatoms. The van der Waals surface area contributed by atoms with Crippen molar-refractivity contribution >= 4 is 27.8 Å². The second-order valence-corrected chi connectivity index (χ2v) is 5.29. The van der Waals surface area contributed by atoms with Gasteiger partial charge < -0.3 is 10.3 Å². The highest BCUT2D eigenvalue weighted by atomic mass is 16.1. The fourth-order valence-electron chi connectivity index (χ4n) is 2.67. The minimum Gasteiger partial charge on any atom is -0.352 e. The minimum absolute atomic E-state index is 0.0934. The number of aromatic nitrogens is 4. The number of nitrogens with one attached hydrogen (secondary N) is 3. The molecule has 0 bridgehead atoms. The molecule has 4 rings (SSSR count). The Labute approximate surface area is 131 Å². The smallest absolute Gasteiger partial charge is 0.251 e. The second-order valence-electron chi connectivity index (χ2n) is 5.29. The van der Waals surface area contributed by atoms with Crippen molar-refractivity contribution in [1.82, 2.24) is 25.5 Å². The van der Waals surface area contributed by atoms with Crippen LogP contribution in [0.25, 0.3) is 33.5 Å². The van der Waals surface area contributed by atoms with Gasteiger partial charge in [-0.2, -0.15) is 5.10 Å². The van der Waals surface area contributed by atoms with Crippen molar-refractivity contribution in [3.8, 4) is 11.5 Å². The molecule has 0 aliphatic carbocycles. The average Bonchev–Trinajstić information content (AvgIpc) is 3.17. The van der Waals surface area contributed by atoms with Crippen molar-refractivity contribution in [2.45, 2.75) is 6.92 Å². The molecule has 2 aromatic carbocycles. The van der Waals surface area contributed by atoms with Gasteiger partial charge in [-0.3, -0.25) is 9.89 Å². The lowest BCUT2D eigenvalue weighted by Crippen LogP contribution is -2.22. The van der Waals surface area contributed by atoms with E-state index in [4.69, 9.17) is 0 Å². The molecule has 0 aliphatic heterocycles. The third-order valence-electron chi connectivity index (χ3n) is 3.78. The number of H-pyrrole nitrogens is 2. The standard InChI is InChI=1S/C17H15N5O/c1-2-18-17(23)10-7-8-13-14(9-10)20-16(19-13)15-11-5-3-4-6-12(11)21-22-15/h3-9H,2H2,1H3,(H,18,23)(H,19,20)(H,21,22). The number of amides is 1. The van der Waals surface area contributed by atoms with E-state index in [9.17, 15) is 4.79 Å². The van der Waals surface area contributed by atoms with E-state index in [1.165, 1.54) is 0 Å². The lowest BCUT2D eigenvalue weighted by atomic mass is 10.2. The molecule has 0 spiro atoms. The molecule has 0 saturated carbocycles. The van der Waals surface area contributed by atoms with Crippen molar-refractivity contribution in [3.05, 3.63) is 48.0 Å². The first-order valence-corrected chi connectivity index (χ1v) is 7.47. The molecule has 0 atom stereocenters. The van der Waals surface area contributed by atoms with Gasteiger partial charge in [-0.25, -0.2) is 4.98 Å². The van der Waals surface area contributed by atoms with Crippen molar-refractivity contribution in [2.24, 2.45) is 0 Å². The van der Waals surface area contributed by atoms with Crippen LogP contribution in [0, 0.1) is 0 Å². The number of benzene rings is 2. The Kier molecular flexibility index (Phi) is 3.08. The molecule has 1 amide bonds. The van der Waals surface area contributed by atoms with Gasteiger partial charge in [0.15, 0.2) is 5.82 Å². The van der Waals surface area contributed by atoms with Crippen LogP contribution in [-0.2, 0) is 0 Å². The summed E-state index contributed by atoms with van der Waals surface area (Å²) in [5.74, 6) is 0.592. The summed E-state index contributed by atoms with van der Waals surface area (Å²) in [5.41, 5.74) is 3.96. The zero-order valence-corrected chi connectivity index (χ0v) is 12.6. The summed E-state index contributed by atoms with van der Waals surface area (Å²) in [7, 11) is 0. The number of imidazole rings is 1. The Morgan fingerprint density at radius 2 is 2.04 bits per heavy atom. The quantitative estimate of drug-likeness (QED) is 0.544.